The van der Waals surface area contributed by atoms with Gasteiger partial charge in [-0.05, 0) is 50.1 Å². The average Bonchev–Trinajstić information content (AvgIpc) is 3.06. The first-order valence-electron chi connectivity index (χ1n) is 8.93. The predicted octanol–water partition coefficient (Wildman–Crippen LogP) is 4.45. The fourth-order valence-corrected chi connectivity index (χ4v) is 3.47. The quantitative estimate of drug-likeness (QED) is 0.743. The van der Waals surface area contributed by atoms with Crippen LogP contribution in [0.25, 0.3) is 22.4 Å². The van der Waals surface area contributed by atoms with Crippen LogP contribution in [0.3, 0.4) is 0 Å². The number of aryl methyl sites for hydroxylation is 1. The molecule has 1 fully saturated rings. The first-order valence-corrected chi connectivity index (χ1v) is 8.93. The Morgan fingerprint density at radius 2 is 1.92 bits per heavy atom. The zero-order chi connectivity index (χ0) is 17.2. The van der Waals surface area contributed by atoms with E-state index in [4.69, 9.17) is 0 Å². The Balaban J connectivity index is 1.49. The number of hydrogen-bond acceptors (Lipinski definition) is 3. The highest BCUT2D eigenvalue weighted by atomic mass is 16.1. The van der Waals surface area contributed by atoms with E-state index in [9.17, 15) is 4.79 Å². The van der Waals surface area contributed by atoms with Crippen LogP contribution >= 0.6 is 0 Å². The van der Waals surface area contributed by atoms with Gasteiger partial charge in [0, 0.05) is 22.9 Å². The SMILES string of the molecule is Cc1cc2nc(-c3ccc(NC(=O)C4CCCCC4)cc3)[nH]c2cn1. The lowest BCUT2D eigenvalue weighted by Crippen LogP contribution is -2.24. The number of imidazole rings is 1. The standard InChI is InChI=1S/C20H22N4O/c1-13-11-17-18(12-21-13)24-19(23-17)14-7-9-16(10-8-14)22-20(25)15-5-3-2-4-6-15/h7-12,15H,2-6H2,1H3,(H,22,25)(H,23,24). The molecule has 2 N–H and O–H groups in total. The Morgan fingerprint density at radius 3 is 2.68 bits per heavy atom. The Morgan fingerprint density at radius 1 is 1.16 bits per heavy atom. The normalized spacial score (nSPS) is 15.4. The molecule has 2 aromatic heterocycles. The van der Waals surface area contributed by atoms with Gasteiger partial charge in [0.2, 0.25) is 5.91 Å². The molecule has 128 valence electrons. The second-order valence-corrected chi connectivity index (χ2v) is 6.83. The van der Waals surface area contributed by atoms with Gasteiger partial charge in [-0.2, -0.15) is 0 Å². The number of nitrogens with zero attached hydrogens (tertiary/aromatic N) is 2. The summed E-state index contributed by atoms with van der Waals surface area (Å²) in [7, 11) is 0. The van der Waals surface area contributed by atoms with Gasteiger partial charge in [0.05, 0.1) is 17.2 Å². The number of rotatable bonds is 3. The number of fused-ring (bicyclic) bond motifs is 1. The molecule has 2 heterocycles. The van der Waals surface area contributed by atoms with Crippen LogP contribution in [0.1, 0.15) is 37.8 Å². The number of benzene rings is 1. The minimum atomic E-state index is 0.151. The summed E-state index contributed by atoms with van der Waals surface area (Å²) in [4.78, 5) is 24.5. The van der Waals surface area contributed by atoms with E-state index in [1.54, 1.807) is 6.20 Å². The monoisotopic (exact) mass is 334 g/mol. The van der Waals surface area contributed by atoms with Gasteiger partial charge in [-0.3, -0.25) is 9.78 Å². The van der Waals surface area contributed by atoms with Crippen LogP contribution in [0.2, 0.25) is 0 Å². The second-order valence-electron chi connectivity index (χ2n) is 6.83. The Hall–Kier alpha value is -2.69. The summed E-state index contributed by atoms with van der Waals surface area (Å²) in [5.41, 5.74) is 4.62. The number of anilines is 1. The molecule has 1 aliphatic rings. The molecule has 0 bridgehead atoms. The largest absolute Gasteiger partial charge is 0.337 e. The molecule has 5 heteroatoms. The summed E-state index contributed by atoms with van der Waals surface area (Å²) < 4.78 is 0. The third-order valence-electron chi connectivity index (χ3n) is 4.91. The van der Waals surface area contributed by atoms with Gasteiger partial charge in [-0.15, -0.1) is 0 Å². The van der Waals surface area contributed by atoms with Crippen LogP contribution in [-0.2, 0) is 4.79 Å². The maximum Gasteiger partial charge on any atom is 0.227 e. The number of pyridine rings is 1. The minimum absolute atomic E-state index is 0.151. The van der Waals surface area contributed by atoms with E-state index in [1.165, 1.54) is 6.42 Å². The topological polar surface area (TPSA) is 70.7 Å². The van der Waals surface area contributed by atoms with Crippen LogP contribution < -0.4 is 5.32 Å². The molecule has 1 amide bonds. The summed E-state index contributed by atoms with van der Waals surface area (Å²) >= 11 is 0. The highest BCUT2D eigenvalue weighted by Crippen LogP contribution is 2.26. The number of hydrogen-bond donors (Lipinski definition) is 2. The summed E-state index contributed by atoms with van der Waals surface area (Å²) in [6.07, 6.45) is 7.41. The molecule has 25 heavy (non-hydrogen) atoms. The fraction of sp³-hybridized carbons (Fsp3) is 0.350. The molecule has 3 aromatic rings. The molecule has 0 radical (unpaired) electrons. The maximum atomic E-state index is 12.3. The lowest BCUT2D eigenvalue weighted by Gasteiger charge is -2.20. The van der Waals surface area contributed by atoms with E-state index < -0.39 is 0 Å². The zero-order valence-electron chi connectivity index (χ0n) is 14.4. The number of aromatic nitrogens is 3. The second kappa shape index (κ2) is 6.67. The molecule has 0 saturated heterocycles. The van der Waals surface area contributed by atoms with Crippen LogP contribution in [0, 0.1) is 12.8 Å². The number of carbonyl (C=O) groups excluding carboxylic acids is 1. The summed E-state index contributed by atoms with van der Waals surface area (Å²) in [5.74, 6) is 1.13. The number of nitrogens with one attached hydrogen (secondary N) is 2. The fourth-order valence-electron chi connectivity index (χ4n) is 3.47. The van der Waals surface area contributed by atoms with Crippen LogP contribution in [0.4, 0.5) is 5.69 Å². The van der Waals surface area contributed by atoms with E-state index in [0.717, 1.165) is 59.5 Å². The van der Waals surface area contributed by atoms with E-state index in [2.05, 4.69) is 20.3 Å². The van der Waals surface area contributed by atoms with Crippen molar-refractivity contribution in [2.24, 2.45) is 5.92 Å². The molecule has 1 aromatic carbocycles. The van der Waals surface area contributed by atoms with Crippen LogP contribution in [0.15, 0.2) is 36.5 Å². The molecule has 0 aliphatic heterocycles. The first-order chi connectivity index (χ1) is 12.2. The number of carbonyl (C=O) groups is 1. The highest BCUT2D eigenvalue weighted by molar-refractivity contribution is 5.92. The van der Waals surface area contributed by atoms with Crippen molar-refractivity contribution >= 4 is 22.6 Å². The molecular formula is C20H22N4O. The van der Waals surface area contributed by atoms with E-state index in [-0.39, 0.29) is 11.8 Å². The molecule has 1 aliphatic carbocycles. The van der Waals surface area contributed by atoms with Gasteiger partial charge >= 0.3 is 0 Å². The molecule has 5 nitrogen and oxygen atoms in total. The number of H-pyrrole nitrogens is 1. The first kappa shape index (κ1) is 15.8. The van der Waals surface area contributed by atoms with Gasteiger partial charge in [0.1, 0.15) is 5.82 Å². The third kappa shape index (κ3) is 3.40. The van der Waals surface area contributed by atoms with Gasteiger partial charge < -0.3 is 10.3 Å². The van der Waals surface area contributed by atoms with Gasteiger partial charge in [-0.25, -0.2) is 4.98 Å². The van der Waals surface area contributed by atoms with Crippen molar-refractivity contribution in [2.45, 2.75) is 39.0 Å². The Bertz CT molecular complexity index is 892. The molecule has 1 saturated carbocycles. The number of aromatic amines is 1. The average molecular weight is 334 g/mol. The maximum absolute atomic E-state index is 12.3. The van der Waals surface area contributed by atoms with Gasteiger partial charge in [-0.1, -0.05) is 19.3 Å². The summed E-state index contributed by atoms with van der Waals surface area (Å²) in [5, 5.41) is 3.04. The Labute approximate surface area is 146 Å². The lowest BCUT2D eigenvalue weighted by atomic mass is 9.88. The summed E-state index contributed by atoms with van der Waals surface area (Å²) in [6, 6.07) is 9.80. The number of amides is 1. The van der Waals surface area contributed by atoms with Crippen molar-refractivity contribution < 1.29 is 4.79 Å². The highest BCUT2D eigenvalue weighted by Gasteiger charge is 2.21. The lowest BCUT2D eigenvalue weighted by molar-refractivity contribution is -0.120. The molecule has 0 spiro atoms. The van der Waals surface area contributed by atoms with E-state index in [1.807, 2.05) is 37.3 Å². The van der Waals surface area contributed by atoms with Crippen molar-refractivity contribution in [1.82, 2.24) is 15.0 Å². The molecule has 0 unspecified atom stereocenters. The van der Waals surface area contributed by atoms with Gasteiger partial charge in [0.25, 0.3) is 0 Å². The van der Waals surface area contributed by atoms with E-state index >= 15 is 0 Å². The Kier molecular flexibility index (Phi) is 4.22. The molecular weight excluding hydrogens is 312 g/mol. The van der Waals surface area contributed by atoms with Crippen molar-refractivity contribution in [1.29, 1.82) is 0 Å². The zero-order valence-corrected chi connectivity index (χ0v) is 14.4. The molecule has 4 rings (SSSR count). The van der Waals surface area contributed by atoms with Crippen molar-refractivity contribution in [2.75, 3.05) is 5.32 Å². The summed E-state index contributed by atoms with van der Waals surface area (Å²) in [6.45, 7) is 1.96. The third-order valence-corrected chi connectivity index (χ3v) is 4.91. The molecule has 0 atom stereocenters. The predicted molar refractivity (Wildman–Crippen MR) is 99.3 cm³/mol. The van der Waals surface area contributed by atoms with Crippen LogP contribution in [0.5, 0.6) is 0 Å². The smallest absolute Gasteiger partial charge is 0.227 e. The van der Waals surface area contributed by atoms with Crippen molar-refractivity contribution in [3.8, 4) is 11.4 Å². The van der Waals surface area contributed by atoms with Gasteiger partial charge in [0.15, 0.2) is 0 Å². The van der Waals surface area contributed by atoms with Crippen molar-refractivity contribution in [3.63, 3.8) is 0 Å². The van der Waals surface area contributed by atoms with Crippen molar-refractivity contribution in [3.05, 3.63) is 42.2 Å². The minimum Gasteiger partial charge on any atom is -0.337 e. The van der Waals surface area contributed by atoms with Crippen LogP contribution in [-0.4, -0.2) is 20.9 Å². The van der Waals surface area contributed by atoms with E-state index in [0.29, 0.717) is 0 Å².